The number of benzene rings is 1. The minimum Gasteiger partial charge on any atom is -0.379 e. The zero-order valence-electron chi connectivity index (χ0n) is 14.1. The van der Waals surface area contributed by atoms with E-state index in [1.165, 1.54) is 24.6 Å². The summed E-state index contributed by atoms with van der Waals surface area (Å²) in [6, 6.07) is 4.39. The van der Waals surface area contributed by atoms with E-state index in [-0.39, 0.29) is 15.5 Å². The molecule has 3 rings (SSSR count). The Morgan fingerprint density at radius 1 is 1.08 bits per heavy atom. The van der Waals surface area contributed by atoms with Crippen LogP contribution in [0.4, 0.5) is 0 Å². The number of hydrogen-bond acceptors (Lipinski definition) is 4. The number of nitrogens with zero attached hydrogens (tertiary/aromatic N) is 1. The molecule has 1 aliphatic carbocycles. The molecule has 0 radical (unpaired) electrons. The van der Waals surface area contributed by atoms with E-state index in [1.54, 1.807) is 0 Å². The lowest BCUT2D eigenvalue weighted by Gasteiger charge is -2.48. The Balaban J connectivity index is 1.76. The molecule has 1 N–H and O–H groups in total. The summed E-state index contributed by atoms with van der Waals surface area (Å²) < 4.78 is 33.7. The number of hydrogen-bond donors (Lipinski definition) is 1. The van der Waals surface area contributed by atoms with Gasteiger partial charge in [-0.15, -0.1) is 0 Å². The Labute approximate surface area is 159 Å². The quantitative estimate of drug-likeness (QED) is 0.814. The average molecular weight is 407 g/mol. The molecule has 2 aliphatic rings. The van der Waals surface area contributed by atoms with E-state index in [2.05, 4.69) is 9.62 Å². The van der Waals surface area contributed by atoms with Gasteiger partial charge < -0.3 is 4.74 Å². The lowest BCUT2D eigenvalue weighted by atomic mass is 9.80. The molecule has 140 valence electrons. The van der Waals surface area contributed by atoms with E-state index in [0.29, 0.717) is 24.8 Å². The highest BCUT2D eigenvalue weighted by Gasteiger charge is 2.39. The minimum absolute atomic E-state index is 0.120. The van der Waals surface area contributed by atoms with Crippen molar-refractivity contribution in [2.75, 3.05) is 32.8 Å². The molecule has 5 nitrogen and oxygen atoms in total. The topological polar surface area (TPSA) is 58.6 Å². The summed E-state index contributed by atoms with van der Waals surface area (Å²) in [7, 11) is -3.63. The van der Waals surface area contributed by atoms with E-state index < -0.39 is 10.0 Å². The average Bonchev–Trinajstić information content (AvgIpc) is 2.64. The Kier molecular flexibility index (Phi) is 6.29. The van der Waals surface area contributed by atoms with Crippen LogP contribution in [-0.2, 0) is 14.8 Å². The first kappa shape index (κ1) is 19.4. The van der Waals surface area contributed by atoms with Crippen molar-refractivity contribution >= 4 is 33.2 Å². The molecule has 0 aromatic heterocycles. The summed E-state index contributed by atoms with van der Waals surface area (Å²) in [5.41, 5.74) is -0.120. The Morgan fingerprint density at radius 3 is 2.40 bits per heavy atom. The monoisotopic (exact) mass is 406 g/mol. The van der Waals surface area contributed by atoms with Crippen LogP contribution < -0.4 is 4.72 Å². The predicted molar refractivity (Wildman–Crippen MR) is 99.9 cm³/mol. The van der Waals surface area contributed by atoms with Crippen molar-refractivity contribution in [2.45, 2.75) is 42.5 Å². The lowest BCUT2D eigenvalue weighted by Crippen LogP contribution is -2.59. The highest BCUT2D eigenvalue weighted by atomic mass is 35.5. The SMILES string of the molecule is O=S(=O)(NCC1(N2CCOCC2)CCCCC1)c1ccc(Cl)c(Cl)c1. The fraction of sp³-hybridized carbons (Fsp3) is 0.647. The highest BCUT2D eigenvalue weighted by Crippen LogP contribution is 2.34. The summed E-state index contributed by atoms with van der Waals surface area (Å²) in [6.07, 6.45) is 5.50. The van der Waals surface area contributed by atoms with Crippen molar-refractivity contribution < 1.29 is 13.2 Å². The Hall–Kier alpha value is -0.370. The lowest BCUT2D eigenvalue weighted by molar-refractivity contribution is -0.0348. The number of morpholine rings is 1. The second-order valence-electron chi connectivity index (χ2n) is 6.78. The van der Waals surface area contributed by atoms with Crippen LogP contribution in [0.25, 0.3) is 0 Å². The molecule has 0 atom stereocenters. The van der Waals surface area contributed by atoms with Crippen LogP contribution in [0.1, 0.15) is 32.1 Å². The molecule has 1 heterocycles. The van der Waals surface area contributed by atoms with Gasteiger partial charge in [-0.1, -0.05) is 42.5 Å². The minimum atomic E-state index is -3.63. The van der Waals surface area contributed by atoms with Crippen LogP contribution in [0.15, 0.2) is 23.1 Å². The number of halogens is 2. The van der Waals surface area contributed by atoms with Crippen LogP contribution in [0.3, 0.4) is 0 Å². The molecule has 1 saturated heterocycles. The maximum atomic E-state index is 12.7. The van der Waals surface area contributed by atoms with E-state index >= 15 is 0 Å². The van der Waals surface area contributed by atoms with Crippen LogP contribution in [-0.4, -0.2) is 51.7 Å². The van der Waals surface area contributed by atoms with Gasteiger partial charge in [0.25, 0.3) is 0 Å². The van der Waals surface area contributed by atoms with Gasteiger partial charge in [-0.3, -0.25) is 4.90 Å². The van der Waals surface area contributed by atoms with Crippen molar-refractivity contribution in [2.24, 2.45) is 0 Å². The Morgan fingerprint density at radius 2 is 1.76 bits per heavy atom. The second kappa shape index (κ2) is 8.11. The van der Waals surface area contributed by atoms with Gasteiger partial charge in [0.15, 0.2) is 0 Å². The predicted octanol–water partition coefficient (Wildman–Crippen LogP) is 3.31. The van der Waals surface area contributed by atoms with Gasteiger partial charge in [0.05, 0.1) is 28.2 Å². The molecule has 1 aromatic rings. The van der Waals surface area contributed by atoms with Crippen LogP contribution >= 0.6 is 23.2 Å². The smallest absolute Gasteiger partial charge is 0.240 e. The van der Waals surface area contributed by atoms with Crippen molar-refractivity contribution in [1.29, 1.82) is 0 Å². The van der Waals surface area contributed by atoms with E-state index in [1.807, 2.05) is 0 Å². The van der Waals surface area contributed by atoms with Gasteiger partial charge in [0, 0.05) is 25.2 Å². The first-order valence-electron chi connectivity index (χ1n) is 8.71. The summed E-state index contributed by atoms with van der Waals surface area (Å²) >= 11 is 11.9. The van der Waals surface area contributed by atoms with Gasteiger partial charge in [0.2, 0.25) is 10.0 Å². The molecule has 0 spiro atoms. The first-order valence-corrected chi connectivity index (χ1v) is 10.9. The van der Waals surface area contributed by atoms with Crippen LogP contribution in [0.2, 0.25) is 10.0 Å². The van der Waals surface area contributed by atoms with E-state index in [9.17, 15) is 8.42 Å². The standard InChI is InChI=1S/C17H24Cl2N2O3S/c18-15-5-4-14(12-16(15)19)25(22,23)20-13-17(6-2-1-3-7-17)21-8-10-24-11-9-21/h4-5,12,20H,1-3,6-11,13H2. The molecule has 25 heavy (non-hydrogen) atoms. The molecule has 1 saturated carbocycles. The summed E-state index contributed by atoms with van der Waals surface area (Å²) in [4.78, 5) is 2.56. The molecular weight excluding hydrogens is 383 g/mol. The van der Waals surface area contributed by atoms with Gasteiger partial charge in [-0.05, 0) is 31.0 Å². The summed E-state index contributed by atoms with van der Waals surface area (Å²) in [5, 5.41) is 0.586. The normalized spacial score (nSPS) is 22.0. The van der Waals surface area contributed by atoms with Crippen LogP contribution in [0.5, 0.6) is 0 Å². The second-order valence-corrected chi connectivity index (χ2v) is 9.37. The molecule has 1 aliphatic heterocycles. The first-order chi connectivity index (χ1) is 11.9. The van der Waals surface area contributed by atoms with Gasteiger partial charge in [-0.2, -0.15) is 0 Å². The molecule has 1 aromatic carbocycles. The van der Waals surface area contributed by atoms with Crippen molar-refractivity contribution in [3.05, 3.63) is 28.2 Å². The van der Waals surface area contributed by atoms with E-state index in [0.717, 1.165) is 38.8 Å². The maximum absolute atomic E-state index is 12.7. The van der Waals surface area contributed by atoms with Crippen LogP contribution in [0, 0.1) is 0 Å². The summed E-state index contributed by atoms with van der Waals surface area (Å²) in [6.45, 7) is 3.54. The molecule has 0 bridgehead atoms. The van der Waals surface area contributed by atoms with Gasteiger partial charge in [-0.25, -0.2) is 13.1 Å². The van der Waals surface area contributed by atoms with Crippen molar-refractivity contribution in [3.8, 4) is 0 Å². The fourth-order valence-corrected chi connectivity index (χ4v) is 5.32. The Bertz CT molecular complexity index is 700. The molecule has 0 unspecified atom stereocenters. The largest absolute Gasteiger partial charge is 0.379 e. The van der Waals surface area contributed by atoms with Crippen molar-refractivity contribution in [1.82, 2.24) is 9.62 Å². The molecular formula is C17H24Cl2N2O3S. The van der Waals surface area contributed by atoms with Crippen molar-refractivity contribution in [3.63, 3.8) is 0 Å². The third-order valence-corrected chi connectivity index (χ3v) is 7.40. The third kappa shape index (κ3) is 4.49. The fourth-order valence-electron chi connectivity index (χ4n) is 3.81. The molecule has 2 fully saturated rings. The number of sulfonamides is 1. The molecule has 0 amide bonds. The zero-order valence-corrected chi connectivity index (χ0v) is 16.5. The van der Waals surface area contributed by atoms with Gasteiger partial charge >= 0.3 is 0 Å². The third-order valence-electron chi connectivity index (χ3n) is 5.26. The highest BCUT2D eigenvalue weighted by molar-refractivity contribution is 7.89. The number of nitrogens with one attached hydrogen (secondary N) is 1. The number of ether oxygens (including phenoxy) is 1. The summed E-state index contributed by atoms with van der Waals surface area (Å²) in [5.74, 6) is 0. The van der Waals surface area contributed by atoms with Gasteiger partial charge in [0.1, 0.15) is 0 Å². The molecule has 8 heteroatoms. The number of rotatable bonds is 5. The van der Waals surface area contributed by atoms with E-state index in [4.69, 9.17) is 27.9 Å². The zero-order chi connectivity index (χ0) is 17.9. The maximum Gasteiger partial charge on any atom is 0.240 e.